The topological polar surface area (TPSA) is 90.0 Å². The fraction of sp³-hybridized carbons (Fsp3) is 0.667. The molecule has 1 heterocycles. The molecule has 1 fully saturated rings. The smallest absolute Gasteiger partial charge is 0.253 e. The molecule has 1 saturated heterocycles. The Balaban J connectivity index is 1.97. The lowest BCUT2D eigenvalue weighted by atomic mass is 9.91. The number of hydrogen-bond donors (Lipinski definition) is 1. The molecule has 2 amide bonds. The molecule has 1 aliphatic rings. The Bertz CT molecular complexity index is 936. The molecule has 0 atom stereocenters. The van der Waals surface area contributed by atoms with Crippen LogP contribution < -0.4 is 5.32 Å². The number of hydrogen-bond acceptors (Lipinski definition) is 5. The molecule has 0 saturated carbocycles. The molecule has 1 aromatic carbocycles. The van der Waals surface area contributed by atoms with E-state index in [-0.39, 0.29) is 34.1 Å². The van der Waals surface area contributed by atoms with Crippen LogP contribution >= 0.6 is 0 Å². The predicted molar refractivity (Wildman–Crippen MR) is 130 cm³/mol. The van der Waals surface area contributed by atoms with E-state index in [1.165, 1.54) is 23.5 Å². The van der Waals surface area contributed by atoms with E-state index in [0.29, 0.717) is 38.0 Å². The Morgan fingerprint density at radius 2 is 1.76 bits per heavy atom. The van der Waals surface area contributed by atoms with Crippen LogP contribution in [0.25, 0.3) is 0 Å². The number of nitrogens with one attached hydrogen (secondary N) is 1. The summed E-state index contributed by atoms with van der Waals surface area (Å²) >= 11 is 0. The highest BCUT2D eigenvalue weighted by atomic mass is 32.2. The van der Waals surface area contributed by atoms with Gasteiger partial charge in [0, 0.05) is 50.7 Å². The highest BCUT2D eigenvalue weighted by molar-refractivity contribution is 7.89. The van der Waals surface area contributed by atoms with Crippen LogP contribution in [0, 0.1) is 11.3 Å². The Kier molecular flexibility index (Phi) is 9.07. The van der Waals surface area contributed by atoms with E-state index >= 15 is 0 Å². The van der Waals surface area contributed by atoms with Crippen LogP contribution in [0.1, 0.15) is 50.9 Å². The number of piperidine rings is 1. The summed E-state index contributed by atoms with van der Waals surface area (Å²) in [4.78, 5) is 29.6. The first-order valence-electron chi connectivity index (χ1n) is 11.5. The lowest BCUT2D eigenvalue weighted by Crippen LogP contribution is -2.46. The second-order valence-electron chi connectivity index (χ2n) is 10.3. The van der Waals surface area contributed by atoms with Crippen molar-refractivity contribution in [2.75, 3.05) is 47.3 Å². The van der Waals surface area contributed by atoms with Crippen molar-refractivity contribution in [1.82, 2.24) is 19.4 Å². The Morgan fingerprint density at radius 1 is 1.15 bits per heavy atom. The Labute approximate surface area is 199 Å². The molecule has 1 N–H and O–H groups in total. The van der Waals surface area contributed by atoms with Crippen molar-refractivity contribution >= 4 is 21.8 Å². The van der Waals surface area contributed by atoms with Crippen LogP contribution in [0.5, 0.6) is 0 Å². The lowest BCUT2D eigenvalue weighted by Gasteiger charge is -2.33. The zero-order valence-corrected chi connectivity index (χ0v) is 21.9. The largest absolute Gasteiger partial charge is 0.355 e. The van der Waals surface area contributed by atoms with Crippen molar-refractivity contribution in [2.45, 2.75) is 51.5 Å². The summed E-state index contributed by atoms with van der Waals surface area (Å²) in [5, 5.41) is 3.08. The Hall–Kier alpha value is -1.97. The van der Waals surface area contributed by atoms with E-state index in [2.05, 4.69) is 24.1 Å². The molecule has 0 unspecified atom stereocenters. The quantitative estimate of drug-likeness (QED) is 0.586. The van der Waals surface area contributed by atoms with Gasteiger partial charge in [0.05, 0.1) is 4.90 Å². The Morgan fingerprint density at radius 3 is 2.30 bits per heavy atom. The van der Waals surface area contributed by atoms with E-state index < -0.39 is 10.0 Å². The van der Waals surface area contributed by atoms with Gasteiger partial charge in [0.1, 0.15) is 0 Å². The molecule has 33 heavy (non-hydrogen) atoms. The number of rotatable bonds is 9. The number of carbonyl (C=O) groups is 2. The van der Waals surface area contributed by atoms with Crippen molar-refractivity contribution in [3.05, 3.63) is 29.8 Å². The van der Waals surface area contributed by atoms with E-state index in [1.54, 1.807) is 30.9 Å². The summed E-state index contributed by atoms with van der Waals surface area (Å²) in [7, 11) is 1.90. The molecule has 1 aromatic rings. The predicted octanol–water partition coefficient (Wildman–Crippen LogP) is 2.27. The molecule has 8 nitrogen and oxygen atoms in total. The molecule has 0 radical (unpaired) electrons. The average Bonchev–Trinajstić information content (AvgIpc) is 2.75. The van der Waals surface area contributed by atoms with Gasteiger partial charge in [-0.3, -0.25) is 9.59 Å². The first kappa shape index (κ1) is 27.3. The maximum atomic E-state index is 13.0. The lowest BCUT2D eigenvalue weighted by molar-refractivity contribution is -0.126. The molecule has 0 bridgehead atoms. The van der Waals surface area contributed by atoms with Gasteiger partial charge in [-0.1, -0.05) is 19.9 Å². The van der Waals surface area contributed by atoms with Crippen LogP contribution in [0.15, 0.2) is 29.2 Å². The van der Waals surface area contributed by atoms with E-state index in [1.807, 2.05) is 14.1 Å². The summed E-state index contributed by atoms with van der Waals surface area (Å²) in [5.74, 6) is -0.278. The van der Waals surface area contributed by atoms with Gasteiger partial charge in [0.25, 0.3) is 5.91 Å². The minimum Gasteiger partial charge on any atom is -0.355 e. The fourth-order valence-corrected chi connectivity index (χ4v) is 5.56. The fourth-order valence-electron chi connectivity index (χ4n) is 4.14. The normalized spacial score (nSPS) is 16.0. The maximum absolute atomic E-state index is 13.0. The zero-order chi connectivity index (χ0) is 25.0. The number of nitrogens with zero attached hydrogens (tertiary/aromatic N) is 3. The molecule has 2 rings (SSSR count). The number of likely N-dealkylation sites (tertiary alicyclic amines) is 1. The highest BCUT2D eigenvalue weighted by Gasteiger charge is 2.30. The van der Waals surface area contributed by atoms with E-state index in [0.717, 1.165) is 6.54 Å². The van der Waals surface area contributed by atoms with Crippen molar-refractivity contribution in [2.24, 2.45) is 11.3 Å². The second-order valence-corrected chi connectivity index (χ2v) is 12.3. The summed E-state index contributed by atoms with van der Waals surface area (Å²) in [6.45, 7) is 10.3. The van der Waals surface area contributed by atoms with Crippen molar-refractivity contribution in [1.29, 1.82) is 0 Å². The monoisotopic (exact) mass is 480 g/mol. The van der Waals surface area contributed by atoms with Crippen LogP contribution in [0.2, 0.25) is 0 Å². The SMILES string of the molecule is CC(C)N(C)S(=O)(=O)c1cccc(C(=O)N2CCC(C(=O)NCC(C)(C)CN(C)C)CC2)c1. The number of sulfonamides is 1. The number of benzene rings is 1. The van der Waals surface area contributed by atoms with Gasteiger partial charge in [-0.15, -0.1) is 0 Å². The average molecular weight is 481 g/mol. The maximum Gasteiger partial charge on any atom is 0.253 e. The molecule has 0 spiro atoms. The van der Waals surface area contributed by atoms with Gasteiger partial charge in [0.15, 0.2) is 0 Å². The third-order valence-electron chi connectivity index (χ3n) is 6.12. The molecule has 186 valence electrons. The van der Waals surface area contributed by atoms with Gasteiger partial charge in [-0.2, -0.15) is 4.31 Å². The van der Waals surface area contributed by atoms with Crippen molar-refractivity contribution < 1.29 is 18.0 Å². The van der Waals surface area contributed by atoms with E-state index in [4.69, 9.17) is 0 Å². The minimum atomic E-state index is -3.66. The first-order valence-corrected chi connectivity index (χ1v) is 13.0. The van der Waals surface area contributed by atoms with Crippen molar-refractivity contribution in [3.8, 4) is 0 Å². The molecular formula is C24H40N4O4S. The van der Waals surface area contributed by atoms with Crippen LogP contribution in [-0.2, 0) is 14.8 Å². The third kappa shape index (κ3) is 7.25. The van der Waals surface area contributed by atoms with Crippen LogP contribution in [0.4, 0.5) is 0 Å². The number of carbonyl (C=O) groups excluding carboxylic acids is 2. The standard InChI is InChI=1S/C24H40N4O4S/c1-18(2)27(7)33(31,32)21-10-8-9-20(15-21)23(30)28-13-11-19(12-14-28)22(29)25-16-24(3,4)17-26(5)6/h8-10,15,18-19H,11-14,16-17H2,1-7H3,(H,25,29). The molecule has 1 aliphatic heterocycles. The minimum absolute atomic E-state index is 0.0230. The summed E-state index contributed by atoms with van der Waals surface area (Å²) in [6.07, 6.45) is 1.19. The molecule has 0 aliphatic carbocycles. The summed E-state index contributed by atoms with van der Waals surface area (Å²) in [6, 6.07) is 6.02. The molecule has 0 aromatic heterocycles. The first-order chi connectivity index (χ1) is 15.2. The van der Waals surface area contributed by atoms with Gasteiger partial charge in [-0.25, -0.2) is 8.42 Å². The zero-order valence-electron chi connectivity index (χ0n) is 21.1. The van der Waals surface area contributed by atoms with Gasteiger partial charge in [0.2, 0.25) is 15.9 Å². The molecule has 9 heteroatoms. The van der Waals surface area contributed by atoms with Crippen LogP contribution in [0.3, 0.4) is 0 Å². The van der Waals surface area contributed by atoms with Crippen LogP contribution in [-0.4, -0.2) is 87.7 Å². The van der Waals surface area contributed by atoms with Crippen molar-refractivity contribution in [3.63, 3.8) is 0 Å². The van der Waals surface area contributed by atoms with E-state index in [9.17, 15) is 18.0 Å². The third-order valence-corrected chi connectivity index (χ3v) is 8.15. The number of amides is 2. The summed E-state index contributed by atoms with van der Waals surface area (Å²) < 4.78 is 26.9. The second kappa shape index (κ2) is 11.0. The van der Waals surface area contributed by atoms with Gasteiger partial charge in [-0.05, 0) is 64.4 Å². The summed E-state index contributed by atoms with van der Waals surface area (Å²) in [5.41, 5.74) is 0.326. The van der Waals surface area contributed by atoms with Gasteiger partial charge >= 0.3 is 0 Å². The van der Waals surface area contributed by atoms with Gasteiger partial charge < -0.3 is 15.1 Å². The molecular weight excluding hydrogens is 440 g/mol. The highest BCUT2D eigenvalue weighted by Crippen LogP contribution is 2.23.